The van der Waals surface area contributed by atoms with Crippen LogP contribution in [0.1, 0.15) is 29.2 Å². The van der Waals surface area contributed by atoms with Gasteiger partial charge in [-0.2, -0.15) is 5.10 Å². The Hall–Kier alpha value is -3.07. The predicted molar refractivity (Wildman–Crippen MR) is 102 cm³/mol. The number of hydrogen-bond donors (Lipinski definition) is 1. The molecule has 0 aliphatic carbocycles. The van der Waals surface area contributed by atoms with Gasteiger partial charge in [-0.05, 0) is 36.8 Å². The molecule has 1 atom stereocenters. The average molecular weight is 328 g/mol. The minimum Gasteiger partial charge on any atom is -0.507 e. The van der Waals surface area contributed by atoms with Gasteiger partial charge in [-0.3, -0.25) is 5.01 Å². The van der Waals surface area contributed by atoms with Crippen molar-refractivity contribution in [3.8, 4) is 5.75 Å². The van der Waals surface area contributed by atoms with Crippen molar-refractivity contribution < 1.29 is 5.11 Å². The van der Waals surface area contributed by atoms with Gasteiger partial charge in [0, 0.05) is 12.0 Å². The standard InChI is InChI=1S/C22H20N2O/c1-16-12-13-22(25)19(14-16)20-15-21(17-8-4-2-5-9-17)24(23-20)18-10-6-3-7-11-18/h2-14,21,25H,15H2,1H3. The van der Waals surface area contributed by atoms with Crippen molar-refractivity contribution in [2.75, 3.05) is 5.01 Å². The maximum absolute atomic E-state index is 10.3. The van der Waals surface area contributed by atoms with Crippen LogP contribution in [-0.2, 0) is 0 Å². The largest absolute Gasteiger partial charge is 0.507 e. The lowest BCUT2D eigenvalue weighted by Gasteiger charge is -2.23. The Morgan fingerprint density at radius 2 is 1.60 bits per heavy atom. The molecule has 1 unspecified atom stereocenters. The molecule has 3 nitrogen and oxygen atoms in total. The van der Waals surface area contributed by atoms with Crippen molar-refractivity contribution in [2.45, 2.75) is 19.4 Å². The highest BCUT2D eigenvalue weighted by atomic mass is 16.3. The van der Waals surface area contributed by atoms with E-state index in [4.69, 9.17) is 5.10 Å². The number of para-hydroxylation sites is 1. The van der Waals surface area contributed by atoms with Crippen LogP contribution >= 0.6 is 0 Å². The van der Waals surface area contributed by atoms with Gasteiger partial charge in [0.25, 0.3) is 0 Å². The molecular formula is C22H20N2O. The molecule has 1 aliphatic rings. The molecule has 0 radical (unpaired) electrons. The molecule has 4 rings (SSSR count). The van der Waals surface area contributed by atoms with Gasteiger partial charge in [0.2, 0.25) is 0 Å². The first-order valence-corrected chi connectivity index (χ1v) is 8.49. The van der Waals surface area contributed by atoms with E-state index in [2.05, 4.69) is 41.4 Å². The van der Waals surface area contributed by atoms with Crippen molar-refractivity contribution in [1.29, 1.82) is 0 Å². The SMILES string of the molecule is Cc1ccc(O)c(C2=NN(c3ccccc3)C(c3ccccc3)C2)c1. The summed E-state index contributed by atoms with van der Waals surface area (Å²) in [6.45, 7) is 2.03. The molecule has 0 fully saturated rings. The van der Waals surface area contributed by atoms with E-state index in [1.54, 1.807) is 6.07 Å². The number of phenolic OH excluding ortho intramolecular Hbond substituents is 1. The van der Waals surface area contributed by atoms with E-state index in [0.717, 1.165) is 28.9 Å². The van der Waals surface area contributed by atoms with E-state index >= 15 is 0 Å². The summed E-state index contributed by atoms with van der Waals surface area (Å²) in [7, 11) is 0. The third-order valence-electron chi connectivity index (χ3n) is 4.58. The third-order valence-corrected chi connectivity index (χ3v) is 4.58. The normalized spacial score (nSPS) is 16.8. The van der Waals surface area contributed by atoms with Gasteiger partial charge in [-0.1, -0.05) is 60.2 Å². The molecule has 0 amide bonds. The first-order chi connectivity index (χ1) is 12.2. The number of anilines is 1. The summed E-state index contributed by atoms with van der Waals surface area (Å²) in [6.07, 6.45) is 0.760. The quantitative estimate of drug-likeness (QED) is 0.730. The molecule has 1 aliphatic heterocycles. The monoisotopic (exact) mass is 328 g/mol. The Bertz CT molecular complexity index is 904. The van der Waals surface area contributed by atoms with Crippen LogP contribution in [0.15, 0.2) is 84.0 Å². The fourth-order valence-electron chi connectivity index (χ4n) is 3.31. The Labute approximate surface area is 147 Å². The average Bonchev–Trinajstić information content (AvgIpc) is 3.10. The second-order valence-electron chi connectivity index (χ2n) is 6.38. The van der Waals surface area contributed by atoms with Gasteiger partial charge in [-0.25, -0.2) is 0 Å². The number of nitrogens with zero attached hydrogens (tertiary/aromatic N) is 2. The molecule has 0 saturated heterocycles. The summed E-state index contributed by atoms with van der Waals surface area (Å²) in [4.78, 5) is 0. The summed E-state index contributed by atoms with van der Waals surface area (Å²) in [5.74, 6) is 0.283. The van der Waals surface area contributed by atoms with E-state index in [1.807, 2.05) is 43.3 Å². The number of hydrogen-bond acceptors (Lipinski definition) is 3. The van der Waals surface area contributed by atoms with Gasteiger partial charge in [-0.15, -0.1) is 0 Å². The van der Waals surface area contributed by atoms with Crippen molar-refractivity contribution in [3.63, 3.8) is 0 Å². The molecule has 25 heavy (non-hydrogen) atoms. The smallest absolute Gasteiger partial charge is 0.124 e. The Morgan fingerprint density at radius 3 is 2.32 bits per heavy atom. The minimum absolute atomic E-state index is 0.124. The molecule has 1 N–H and O–H groups in total. The van der Waals surface area contributed by atoms with Crippen LogP contribution in [-0.4, -0.2) is 10.8 Å². The first kappa shape index (κ1) is 15.5. The molecule has 0 aromatic heterocycles. The fourth-order valence-corrected chi connectivity index (χ4v) is 3.31. The maximum atomic E-state index is 10.3. The van der Waals surface area contributed by atoms with Crippen molar-refractivity contribution in [3.05, 3.63) is 95.6 Å². The number of aryl methyl sites for hydroxylation is 1. The van der Waals surface area contributed by atoms with Crippen molar-refractivity contribution in [1.82, 2.24) is 0 Å². The lowest BCUT2D eigenvalue weighted by atomic mass is 9.97. The molecular weight excluding hydrogens is 308 g/mol. The Morgan fingerprint density at radius 1 is 0.920 bits per heavy atom. The second-order valence-corrected chi connectivity index (χ2v) is 6.38. The summed E-state index contributed by atoms with van der Waals surface area (Å²) in [5, 5.41) is 17.2. The van der Waals surface area contributed by atoms with E-state index < -0.39 is 0 Å². The summed E-state index contributed by atoms with van der Waals surface area (Å²) in [6, 6.07) is 26.4. The van der Waals surface area contributed by atoms with Gasteiger partial charge in [0.05, 0.1) is 17.4 Å². The summed E-state index contributed by atoms with van der Waals surface area (Å²) in [5.41, 5.74) is 5.12. The summed E-state index contributed by atoms with van der Waals surface area (Å²) >= 11 is 0. The Balaban J connectivity index is 1.79. The highest BCUT2D eigenvalue weighted by Gasteiger charge is 2.30. The van der Waals surface area contributed by atoms with E-state index in [-0.39, 0.29) is 11.8 Å². The molecule has 0 bridgehead atoms. The van der Waals surface area contributed by atoms with E-state index in [0.29, 0.717) is 0 Å². The van der Waals surface area contributed by atoms with Crippen molar-refractivity contribution in [2.24, 2.45) is 5.10 Å². The minimum atomic E-state index is 0.124. The molecule has 0 saturated carbocycles. The number of hydrazone groups is 1. The van der Waals surface area contributed by atoms with Crippen LogP contribution in [0, 0.1) is 6.92 Å². The van der Waals surface area contributed by atoms with Crippen LogP contribution in [0.5, 0.6) is 5.75 Å². The van der Waals surface area contributed by atoms with Crippen LogP contribution in [0.25, 0.3) is 0 Å². The second kappa shape index (κ2) is 6.44. The van der Waals surface area contributed by atoms with Gasteiger partial charge in [0.1, 0.15) is 5.75 Å². The van der Waals surface area contributed by atoms with Crippen LogP contribution in [0.3, 0.4) is 0 Å². The topological polar surface area (TPSA) is 35.8 Å². The highest BCUT2D eigenvalue weighted by molar-refractivity contribution is 6.05. The third kappa shape index (κ3) is 3.01. The maximum Gasteiger partial charge on any atom is 0.124 e. The molecule has 3 heteroatoms. The number of phenols is 1. The van der Waals surface area contributed by atoms with Crippen molar-refractivity contribution >= 4 is 11.4 Å². The number of benzene rings is 3. The van der Waals surface area contributed by atoms with Crippen LogP contribution in [0.2, 0.25) is 0 Å². The predicted octanol–water partition coefficient (Wildman–Crippen LogP) is 5.06. The van der Waals surface area contributed by atoms with E-state index in [1.165, 1.54) is 5.56 Å². The summed E-state index contributed by atoms with van der Waals surface area (Å²) < 4.78 is 0. The number of aromatic hydroxyl groups is 1. The molecule has 1 heterocycles. The van der Waals surface area contributed by atoms with E-state index in [9.17, 15) is 5.11 Å². The zero-order valence-corrected chi connectivity index (χ0v) is 14.1. The Kier molecular flexibility index (Phi) is 3.98. The lowest BCUT2D eigenvalue weighted by Crippen LogP contribution is -2.18. The molecule has 3 aromatic rings. The zero-order valence-electron chi connectivity index (χ0n) is 14.1. The van der Waals surface area contributed by atoms with Gasteiger partial charge < -0.3 is 5.11 Å². The molecule has 3 aromatic carbocycles. The van der Waals surface area contributed by atoms with Gasteiger partial charge in [0.15, 0.2) is 0 Å². The van der Waals surface area contributed by atoms with Gasteiger partial charge >= 0.3 is 0 Å². The zero-order chi connectivity index (χ0) is 17.2. The van der Waals surface area contributed by atoms with Crippen LogP contribution < -0.4 is 5.01 Å². The highest BCUT2D eigenvalue weighted by Crippen LogP contribution is 2.37. The fraction of sp³-hybridized carbons (Fsp3) is 0.136. The first-order valence-electron chi connectivity index (χ1n) is 8.49. The molecule has 0 spiro atoms. The lowest BCUT2D eigenvalue weighted by molar-refractivity contribution is 0.474. The molecule has 124 valence electrons. The van der Waals surface area contributed by atoms with Crippen LogP contribution in [0.4, 0.5) is 5.69 Å². The number of rotatable bonds is 3.